The molecule has 3 aliphatic heterocycles. The molecule has 2 saturated heterocycles. The average Bonchev–Trinajstić information content (AvgIpc) is 3.96. The van der Waals surface area contributed by atoms with Crippen molar-refractivity contribution in [2.24, 2.45) is 7.05 Å². The number of imide groups is 1. The van der Waals surface area contributed by atoms with Crippen molar-refractivity contribution in [3.05, 3.63) is 106 Å². The molecule has 2 fully saturated rings. The van der Waals surface area contributed by atoms with E-state index in [4.69, 9.17) is 9.47 Å². The summed E-state index contributed by atoms with van der Waals surface area (Å²) >= 11 is 0. The second-order valence-corrected chi connectivity index (χ2v) is 20.9. The van der Waals surface area contributed by atoms with E-state index in [-0.39, 0.29) is 65.6 Å². The van der Waals surface area contributed by atoms with Gasteiger partial charge in [0.15, 0.2) is 0 Å². The second kappa shape index (κ2) is 23.1. The standard InChI is InChI=1S/C53H64N10O10S/c1-53(2,3)73-52(70)56-23-22-55-48(66)42-28-36-38(30-61(4)51(69)46(36)58-42)35-27-41(60-74(5)71)37(29-44(35)72-33-13-8-6-9-14-33)47(65)54-21-10-7-11-24-62-25-19-32(20-26-62)57-40-16-12-15-34-39(40)31-63(50(34)68)43-17-18-45(64)59-49(43)67/h6,8-9,12-16,27-30,32,43,57-58,60H,7,10-11,17-26,31H2,1-5H3,(H,54,65)(H,55,66)(H,56,70)(H,59,64,67). The number of nitrogens with one attached hydrogen (secondary N) is 7. The van der Waals surface area contributed by atoms with Crippen molar-refractivity contribution >= 4 is 68.9 Å². The monoisotopic (exact) mass is 1030 g/mol. The number of carbonyl (C=O) groups is 6. The van der Waals surface area contributed by atoms with E-state index in [1.807, 2.05) is 30.3 Å². The van der Waals surface area contributed by atoms with Crippen LogP contribution >= 0.6 is 0 Å². The molecule has 3 aromatic carbocycles. The van der Waals surface area contributed by atoms with Crippen LogP contribution in [0.25, 0.3) is 22.0 Å². The van der Waals surface area contributed by atoms with E-state index in [1.54, 1.807) is 75.3 Å². The number of amides is 6. The Bertz CT molecular complexity index is 3030. The molecule has 2 aromatic heterocycles. The van der Waals surface area contributed by atoms with Gasteiger partial charge in [-0.25, -0.2) is 9.00 Å². The SMILES string of the molecule is Cn1cc(-c2cc(NS(C)=O)c(C(=O)NCCCCCN3CCC(Nc4cccc5c4CN(C4CCC(=O)NC4=O)C5=O)CC3)cc2Oc2ccccc2)c2cc(C(=O)NCCNC(=O)OC(C)(C)C)[nH]c2c1=O. The first-order valence-corrected chi connectivity index (χ1v) is 26.5. The van der Waals surface area contributed by atoms with Crippen molar-refractivity contribution in [3.8, 4) is 22.6 Å². The summed E-state index contributed by atoms with van der Waals surface area (Å²) in [5, 5.41) is 14.8. The number of pyridine rings is 1. The molecule has 2 unspecified atom stereocenters. The number of likely N-dealkylation sites (tertiary alicyclic amines) is 1. The number of alkyl carbamates (subject to hydrolysis) is 1. The lowest BCUT2D eigenvalue weighted by atomic mass is 9.99. The van der Waals surface area contributed by atoms with Gasteiger partial charge in [0.1, 0.15) is 45.3 Å². The van der Waals surface area contributed by atoms with Gasteiger partial charge in [-0.1, -0.05) is 30.7 Å². The Balaban J connectivity index is 0.882. The number of anilines is 2. The molecule has 0 spiro atoms. The van der Waals surface area contributed by atoms with E-state index in [2.05, 4.69) is 41.2 Å². The molecule has 6 amide bonds. The fourth-order valence-corrected chi connectivity index (χ4v) is 9.99. The zero-order valence-corrected chi connectivity index (χ0v) is 43.1. The number of ether oxygens (including phenoxy) is 2. The average molecular weight is 1030 g/mol. The van der Waals surface area contributed by atoms with Crippen LogP contribution in [0.2, 0.25) is 0 Å². The Morgan fingerprint density at radius 3 is 2.28 bits per heavy atom. The number of benzene rings is 3. The molecule has 20 nitrogen and oxygen atoms in total. The molecular weight excluding hydrogens is 969 g/mol. The maximum Gasteiger partial charge on any atom is 0.407 e. The van der Waals surface area contributed by atoms with Crippen LogP contribution in [0, 0.1) is 0 Å². The molecule has 5 heterocycles. The molecular formula is C53H64N10O10S. The van der Waals surface area contributed by atoms with Gasteiger partial charge in [0, 0.05) is 105 Å². The number of piperidine rings is 2. The molecule has 0 aliphatic carbocycles. The molecule has 0 saturated carbocycles. The highest BCUT2D eigenvalue weighted by atomic mass is 32.2. The minimum Gasteiger partial charge on any atom is -0.457 e. The van der Waals surface area contributed by atoms with Crippen molar-refractivity contribution < 1.29 is 42.4 Å². The lowest BCUT2D eigenvalue weighted by Crippen LogP contribution is -2.52. The van der Waals surface area contributed by atoms with E-state index < -0.39 is 52.0 Å². The third kappa shape index (κ3) is 12.8. The number of para-hydroxylation sites is 1. The van der Waals surface area contributed by atoms with Crippen LogP contribution in [-0.4, -0.2) is 122 Å². The molecule has 7 N–H and O–H groups in total. The summed E-state index contributed by atoms with van der Waals surface area (Å²) in [6.45, 7) is 8.87. The lowest BCUT2D eigenvalue weighted by molar-refractivity contribution is -0.136. The maximum absolute atomic E-state index is 14.0. The zero-order chi connectivity index (χ0) is 52.7. The minimum atomic E-state index is -1.60. The van der Waals surface area contributed by atoms with Crippen LogP contribution in [0.5, 0.6) is 11.5 Å². The van der Waals surface area contributed by atoms with E-state index in [0.717, 1.165) is 63.0 Å². The normalized spacial score (nSPS) is 16.6. The quantitative estimate of drug-likeness (QED) is 0.0399. The van der Waals surface area contributed by atoms with Crippen LogP contribution in [0.4, 0.5) is 16.2 Å². The van der Waals surface area contributed by atoms with Gasteiger partial charge in [-0.15, -0.1) is 0 Å². The summed E-state index contributed by atoms with van der Waals surface area (Å²) in [5.74, 6) is -1.09. The van der Waals surface area contributed by atoms with Gasteiger partial charge >= 0.3 is 6.09 Å². The summed E-state index contributed by atoms with van der Waals surface area (Å²) in [6.07, 6.45) is 7.37. The molecule has 0 radical (unpaired) electrons. The highest BCUT2D eigenvalue weighted by molar-refractivity contribution is 7.85. The van der Waals surface area contributed by atoms with Crippen LogP contribution in [-0.2, 0) is 38.9 Å². The minimum absolute atomic E-state index is 0.0846. The summed E-state index contributed by atoms with van der Waals surface area (Å²) in [7, 11) is -0.0140. The first kappa shape index (κ1) is 52.8. The van der Waals surface area contributed by atoms with Crippen molar-refractivity contribution in [3.63, 3.8) is 0 Å². The molecule has 3 aliphatic rings. The molecule has 21 heteroatoms. The van der Waals surface area contributed by atoms with Crippen LogP contribution in [0.3, 0.4) is 0 Å². The van der Waals surface area contributed by atoms with Crippen LogP contribution < -0.4 is 41.6 Å². The Hall–Kier alpha value is -7.52. The van der Waals surface area contributed by atoms with E-state index >= 15 is 0 Å². The van der Waals surface area contributed by atoms with Gasteiger partial charge in [0.25, 0.3) is 23.3 Å². The fourth-order valence-electron chi connectivity index (χ4n) is 9.51. The first-order chi connectivity index (χ1) is 35.4. The molecule has 392 valence electrons. The highest BCUT2D eigenvalue weighted by Gasteiger charge is 2.40. The van der Waals surface area contributed by atoms with Crippen LogP contribution in [0.1, 0.15) is 102 Å². The molecule has 2 atom stereocenters. The maximum atomic E-state index is 14.0. The number of fused-ring (bicyclic) bond motifs is 2. The Morgan fingerprint density at radius 1 is 0.811 bits per heavy atom. The van der Waals surface area contributed by atoms with E-state index in [9.17, 15) is 37.8 Å². The first-order valence-electron chi connectivity index (χ1n) is 24.9. The largest absolute Gasteiger partial charge is 0.457 e. The van der Waals surface area contributed by atoms with E-state index in [0.29, 0.717) is 47.3 Å². The lowest BCUT2D eigenvalue weighted by Gasteiger charge is -2.33. The number of H-pyrrole nitrogens is 1. The molecule has 0 bridgehead atoms. The third-order valence-corrected chi connectivity index (χ3v) is 13.6. The number of aromatic amines is 1. The number of hydrogen-bond donors (Lipinski definition) is 7. The van der Waals surface area contributed by atoms with Gasteiger partial charge in [-0.3, -0.25) is 34.1 Å². The predicted molar refractivity (Wildman–Crippen MR) is 282 cm³/mol. The third-order valence-electron chi connectivity index (χ3n) is 13.1. The van der Waals surface area contributed by atoms with Crippen LogP contribution in [0.15, 0.2) is 77.7 Å². The summed E-state index contributed by atoms with van der Waals surface area (Å²) in [5.41, 5.74) is 2.95. The smallest absolute Gasteiger partial charge is 0.407 e. The van der Waals surface area contributed by atoms with Gasteiger partial charge in [-0.2, -0.15) is 0 Å². The summed E-state index contributed by atoms with van der Waals surface area (Å²) in [6, 6.07) is 19.0. The Labute approximate surface area is 431 Å². The number of carbonyl (C=O) groups excluding carboxylic acids is 6. The fraction of sp³-hybridized carbons (Fsp3) is 0.415. The number of aromatic nitrogens is 2. The van der Waals surface area contributed by atoms with Gasteiger partial charge < -0.3 is 54.8 Å². The summed E-state index contributed by atoms with van der Waals surface area (Å²) in [4.78, 5) is 97.6. The second-order valence-electron chi connectivity index (χ2n) is 19.8. The summed E-state index contributed by atoms with van der Waals surface area (Å²) < 4.78 is 28.8. The van der Waals surface area contributed by atoms with Gasteiger partial charge in [0.2, 0.25) is 11.8 Å². The molecule has 74 heavy (non-hydrogen) atoms. The number of aryl methyl sites for hydroxylation is 1. The number of rotatable bonds is 19. The number of hydrogen-bond acceptors (Lipinski definition) is 12. The zero-order valence-electron chi connectivity index (χ0n) is 42.3. The Kier molecular flexibility index (Phi) is 16.5. The number of unbranched alkanes of at least 4 members (excludes halogenated alkanes) is 2. The molecule has 5 aromatic rings. The van der Waals surface area contributed by atoms with E-state index in [1.165, 1.54) is 10.8 Å². The predicted octanol–water partition coefficient (Wildman–Crippen LogP) is 5.52. The van der Waals surface area contributed by atoms with Crippen molar-refractivity contribution in [2.45, 2.75) is 89.9 Å². The van der Waals surface area contributed by atoms with Crippen molar-refractivity contribution in [1.82, 2.24) is 40.6 Å². The van der Waals surface area contributed by atoms with Gasteiger partial charge in [0.05, 0.1) is 11.3 Å². The van der Waals surface area contributed by atoms with Gasteiger partial charge in [-0.05, 0) is 102 Å². The highest BCUT2D eigenvalue weighted by Crippen LogP contribution is 2.41. The Morgan fingerprint density at radius 2 is 1.55 bits per heavy atom. The topological polar surface area (TPSA) is 254 Å². The molecule has 8 rings (SSSR count). The number of nitrogens with zero attached hydrogens (tertiary/aromatic N) is 3. The van der Waals surface area contributed by atoms with Crippen molar-refractivity contribution in [2.75, 3.05) is 55.6 Å². The van der Waals surface area contributed by atoms with Crippen molar-refractivity contribution in [1.29, 1.82) is 0 Å².